The number of benzene rings is 2. The van der Waals surface area contributed by atoms with Crippen LogP contribution in [0.4, 0.5) is 18.9 Å². The van der Waals surface area contributed by atoms with Gasteiger partial charge in [0.05, 0.1) is 5.92 Å². The number of nitrogens with zero attached hydrogens (tertiary/aromatic N) is 1. The largest absolute Gasteiger partial charge is 0.573 e. The third-order valence-corrected chi connectivity index (χ3v) is 6.46. The van der Waals surface area contributed by atoms with Gasteiger partial charge in [0.25, 0.3) is 0 Å². The van der Waals surface area contributed by atoms with Gasteiger partial charge in [-0.15, -0.1) is 13.2 Å². The van der Waals surface area contributed by atoms with Crippen molar-refractivity contribution in [3.8, 4) is 16.9 Å². The molecule has 0 aromatic heterocycles. The van der Waals surface area contributed by atoms with Crippen molar-refractivity contribution >= 4 is 17.6 Å². The van der Waals surface area contributed by atoms with E-state index >= 15 is 0 Å². The van der Waals surface area contributed by atoms with Gasteiger partial charge in [0, 0.05) is 30.1 Å². The molecule has 1 aliphatic carbocycles. The third-order valence-electron chi connectivity index (χ3n) is 6.46. The van der Waals surface area contributed by atoms with Gasteiger partial charge in [-0.3, -0.25) is 9.59 Å². The fraction of sp³-hybridized carbons (Fsp3) is 0.417. The number of anilines is 1. The number of ether oxygens (including phenoxy) is 1. The van der Waals surface area contributed by atoms with Crippen LogP contribution in [0, 0.1) is 12.8 Å². The van der Waals surface area contributed by atoms with Crippen LogP contribution in [-0.4, -0.2) is 30.4 Å². The number of rotatable bonds is 4. The van der Waals surface area contributed by atoms with Crippen LogP contribution in [0.5, 0.6) is 5.75 Å². The number of hydrogen-bond donors (Lipinski definition) is 1. The second-order valence-corrected chi connectivity index (χ2v) is 9.29. The second-order valence-electron chi connectivity index (χ2n) is 9.29. The molecule has 5 nitrogen and oxygen atoms in total. The molecule has 1 saturated carbocycles. The Bertz CT molecular complexity index is 1120. The highest BCUT2D eigenvalue weighted by Crippen LogP contribution is 2.50. The maximum Gasteiger partial charge on any atom is 0.573 e. The first-order chi connectivity index (χ1) is 14.8. The summed E-state index contributed by atoms with van der Waals surface area (Å²) in [4.78, 5) is 25.3. The Morgan fingerprint density at radius 1 is 1.19 bits per heavy atom. The Kier molecular flexibility index (Phi) is 5.02. The standard InChI is InChI=1S/C24H24F3NO4/c1-12-7-18-19(28(4)21(29)11-23(18,2)3)10-14(12)16-8-13(15-9-17(15)22(30)31)5-6-20(16)32-24(25,26)27/h5-8,10,15,17H,9,11H2,1-4H3,(H,30,31)/t15?,17-/m1/s1. The quantitative estimate of drug-likeness (QED) is 0.682. The highest BCUT2D eigenvalue weighted by molar-refractivity contribution is 5.98. The zero-order valence-corrected chi connectivity index (χ0v) is 18.2. The lowest BCUT2D eigenvalue weighted by atomic mass is 9.76. The number of carbonyl (C=O) groups excluding carboxylic acids is 1. The number of amides is 1. The molecule has 0 saturated heterocycles. The van der Waals surface area contributed by atoms with Crippen molar-refractivity contribution in [1.82, 2.24) is 0 Å². The van der Waals surface area contributed by atoms with Gasteiger partial charge in [0.1, 0.15) is 5.75 Å². The summed E-state index contributed by atoms with van der Waals surface area (Å²) in [5.41, 5.74) is 3.32. The minimum absolute atomic E-state index is 0.0694. The molecular weight excluding hydrogens is 423 g/mol. The molecule has 0 radical (unpaired) electrons. The topological polar surface area (TPSA) is 66.8 Å². The molecule has 1 aliphatic heterocycles. The zero-order chi connectivity index (χ0) is 23.6. The summed E-state index contributed by atoms with van der Waals surface area (Å²) in [6.45, 7) is 5.74. The van der Waals surface area contributed by atoms with Crippen LogP contribution >= 0.6 is 0 Å². The van der Waals surface area contributed by atoms with E-state index in [0.717, 1.165) is 11.1 Å². The van der Waals surface area contributed by atoms with E-state index in [4.69, 9.17) is 0 Å². The Morgan fingerprint density at radius 3 is 2.47 bits per heavy atom. The van der Waals surface area contributed by atoms with E-state index in [9.17, 15) is 27.9 Å². The van der Waals surface area contributed by atoms with Gasteiger partial charge >= 0.3 is 12.3 Å². The zero-order valence-electron chi connectivity index (χ0n) is 18.2. The van der Waals surface area contributed by atoms with E-state index in [0.29, 0.717) is 29.7 Å². The smallest absolute Gasteiger partial charge is 0.481 e. The lowest BCUT2D eigenvalue weighted by molar-refractivity contribution is -0.274. The number of carboxylic acid groups (broad SMARTS) is 1. The molecule has 4 rings (SSSR count). The Morgan fingerprint density at radius 2 is 1.88 bits per heavy atom. The fourth-order valence-corrected chi connectivity index (χ4v) is 4.57. The molecule has 2 atom stereocenters. The van der Waals surface area contributed by atoms with Crippen molar-refractivity contribution in [3.63, 3.8) is 0 Å². The summed E-state index contributed by atoms with van der Waals surface area (Å²) in [7, 11) is 1.65. The first-order valence-electron chi connectivity index (χ1n) is 10.3. The lowest BCUT2D eigenvalue weighted by Gasteiger charge is -2.37. The average molecular weight is 447 g/mol. The molecular formula is C24H24F3NO4. The number of aryl methyl sites for hydroxylation is 1. The Balaban J connectivity index is 1.88. The molecule has 170 valence electrons. The predicted molar refractivity (Wildman–Crippen MR) is 113 cm³/mol. The second kappa shape index (κ2) is 7.25. The Hall–Kier alpha value is -3.03. The van der Waals surface area contributed by atoms with Crippen LogP contribution in [0.3, 0.4) is 0 Å². The average Bonchev–Trinajstić information content (AvgIpc) is 3.46. The number of halogens is 3. The summed E-state index contributed by atoms with van der Waals surface area (Å²) in [5.74, 6) is -2.13. The van der Waals surface area contributed by atoms with Crippen molar-refractivity contribution < 1.29 is 32.6 Å². The van der Waals surface area contributed by atoms with Crippen LogP contribution < -0.4 is 9.64 Å². The first-order valence-corrected chi connectivity index (χ1v) is 10.3. The molecule has 2 aliphatic rings. The van der Waals surface area contributed by atoms with Crippen LogP contribution in [0.25, 0.3) is 11.1 Å². The van der Waals surface area contributed by atoms with E-state index in [1.807, 2.05) is 26.8 Å². The van der Waals surface area contributed by atoms with Gasteiger partial charge in [0.15, 0.2) is 0 Å². The van der Waals surface area contributed by atoms with Gasteiger partial charge in [-0.2, -0.15) is 0 Å². The van der Waals surface area contributed by atoms with Crippen LogP contribution in [0.1, 0.15) is 49.3 Å². The van der Waals surface area contributed by atoms with Gasteiger partial charge in [0.2, 0.25) is 5.91 Å². The van der Waals surface area contributed by atoms with Crippen molar-refractivity contribution in [2.75, 3.05) is 11.9 Å². The maximum absolute atomic E-state index is 13.1. The molecule has 0 bridgehead atoms. The highest BCUT2D eigenvalue weighted by atomic mass is 19.4. The van der Waals surface area contributed by atoms with Gasteiger partial charge < -0.3 is 14.7 Å². The third kappa shape index (κ3) is 3.94. The van der Waals surface area contributed by atoms with Crippen molar-refractivity contribution in [2.24, 2.45) is 5.92 Å². The molecule has 1 heterocycles. The van der Waals surface area contributed by atoms with Crippen LogP contribution in [-0.2, 0) is 15.0 Å². The number of carbonyl (C=O) groups is 2. The minimum atomic E-state index is -4.88. The number of alkyl halides is 3. The normalized spacial score (nSPS) is 21.8. The van der Waals surface area contributed by atoms with Crippen molar-refractivity contribution in [3.05, 3.63) is 47.0 Å². The van der Waals surface area contributed by atoms with Crippen LogP contribution in [0.15, 0.2) is 30.3 Å². The van der Waals surface area contributed by atoms with E-state index in [1.165, 1.54) is 17.0 Å². The monoisotopic (exact) mass is 447 g/mol. The highest BCUT2D eigenvalue weighted by Gasteiger charge is 2.44. The van der Waals surface area contributed by atoms with Crippen molar-refractivity contribution in [2.45, 2.75) is 51.3 Å². The molecule has 2 aromatic carbocycles. The Labute approximate surface area is 183 Å². The molecule has 8 heteroatoms. The lowest BCUT2D eigenvalue weighted by Crippen LogP contribution is -2.39. The van der Waals surface area contributed by atoms with Gasteiger partial charge in [-0.25, -0.2) is 0 Å². The SMILES string of the molecule is Cc1cc2c(cc1-c1cc(C3C[C@H]3C(=O)O)ccc1OC(F)(F)F)N(C)C(=O)CC2(C)C. The molecule has 1 amide bonds. The maximum atomic E-state index is 13.1. The van der Waals surface area contributed by atoms with Crippen molar-refractivity contribution in [1.29, 1.82) is 0 Å². The molecule has 2 aromatic rings. The summed E-state index contributed by atoms with van der Waals surface area (Å²) in [6.07, 6.45) is -4.09. The minimum Gasteiger partial charge on any atom is -0.481 e. The van der Waals surface area contributed by atoms with Crippen LogP contribution in [0.2, 0.25) is 0 Å². The molecule has 1 N–H and O–H groups in total. The summed E-state index contributed by atoms with van der Waals surface area (Å²) in [5, 5.41) is 9.25. The first kappa shape index (κ1) is 22.2. The van der Waals surface area contributed by atoms with E-state index in [1.54, 1.807) is 19.2 Å². The van der Waals surface area contributed by atoms with Gasteiger partial charge in [-0.1, -0.05) is 26.0 Å². The fourth-order valence-electron chi connectivity index (χ4n) is 4.57. The number of carboxylic acids is 1. The molecule has 1 unspecified atom stereocenters. The predicted octanol–water partition coefficient (Wildman–Crippen LogP) is 5.39. The van der Waals surface area contributed by atoms with Gasteiger partial charge in [-0.05, 0) is 59.7 Å². The summed E-state index contributed by atoms with van der Waals surface area (Å²) in [6, 6.07) is 7.96. The molecule has 32 heavy (non-hydrogen) atoms. The number of hydrogen-bond acceptors (Lipinski definition) is 3. The van der Waals surface area contributed by atoms with E-state index in [2.05, 4.69) is 4.74 Å². The summed E-state index contributed by atoms with van der Waals surface area (Å²) < 4.78 is 43.6. The molecule has 1 fully saturated rings. The number of fused-ring (bicyclic) bond motifs is 1. The number of aliphatic carboxylic acids is 1. The van der Waals surface area contributed by atoms with E-state index in [-0.39, 0.29) is 23.1 Å². The molecule has 0 spiro atoms. The van der Waals surface area contributed by atoms with E-state index < -0.39 is 23.7 Å². The summed E-state index contributed by atoms with van der Waals surface area (Å²) >= 11 is 0.